The highest BCUT2D eigenvalue weighted by Gasteiger charge is 2.03. The Bertz CT molecular complexity index is 408. The number of rotatable bonds is 2. The second-order valence-corrected chi connectivity index (χ2v) is 3.53. The van der Waals surface area contributed by atoms with E-state index in [1.807, 2.05) is 17.7 Å². The predicted molar refractivity (Wildman–Crippen MR) is 51.3 cm³/mol. The van der Waals surface area contributed by atoms with Crippen molar-refractivity contribution in [2.45, 2.75) is 12.8 Å². The van der Waals surface area contributed by atoms with E-state index in [4.69, 9.17) is 11.6 Å². The molecule has 0 bridgehead atoms. The largest absolute Gasteiger partial charge is 0.280 e. The summed E-state index contributed by atoms with van der Waals surface area (Å²) in [5, 5.41) is 0.821. The quantitative estimate of drug-likeness (QED) is 0.716. The van der Waals surface area contributed by atoms with E-state index in [-0.39, 0.29) is 0 Å². The summed E-state index contributed by atoms with van der Waals surface area (Å²) in [6.45, 7) is 1.86. The van der Waals surface area contributed by atoms with Crippen molar-refractivity contribution in [3.63, 3.8) is 0 Å². The molecule has 0 atom stereocenters. The van der Waals surface area contributed by atoms with E-state index in [0.717, 1.165) is 16.6 Å². The first kappa shape index (κ1) is 8.65. The third-order valence-electron chi connectivity index (χ3n) is 1.51. The van der Waals surface area contributed by atoms with Gasteiger partial charge < -0.3 is 0 Å². The van der Waals surface area contributed by atoms with Gasteiger partial charge in [-0.15, -0.1) is 11.6 Å². The van der Waals surface area contributed by atoms with Crippen LogP contribution in [0.15, 0.2) is 12.5 Å². The number of nitrogens with zero attached hydrogens (tertiary/aromatic N) is 4. The zero-order valence-electron chi connectivity index (χ0n) is 6.94. The SMILES string of the molecule is Cc1nsc(-n2cnc(CCl)c2)n1. The first-order chi connectivity index (χ1) is 6.29. The molecular formula is C7H7ClN4S. The molecule has 0 saturated carbocycles. The molecule has 6 heteroatoms. The Kier molecular flexibility index (Phi) is 2.28. The molecular weight excluding hydrogens is 208 g/mol. The fourth-order valence-electron chi connectivity index (χ4n) is 0.928. The normalized spacial score (nSPS) is 10.6. The number of aromatic nitrogens is 4. The van der Waals surface area contributed by atoms with E-state index in [1.54, 1.807) is 6.33 Å². The molecule has 0 fully saturated rings. The number of hydrogen-bond acceptors (Lipinski definition) is 4. The van der Waals surface area contributed by atoms with E-state index in [2.05, 4.69) is 14.3 Å². The third kappa shape index (κ3) is 1.71. The summed E-state index contributed by atoms with van der Waals surface area (Å²) in [6, 6.07) is 0. The van der Waals surface area contributed by atoms with Gasteiger partial charge in [0.1, 0.15) is 12.2 Å². The summed E-state index contributed by atoms with van der Waals surface area (Å²) in [7, 11) is 0. The molecule has 2 aromatic heterocycles. The van der Waals surface area contributed by atoms with Crippen LogP contribution in [0.2, 0.25) is 0 Å². The summed E-state index contributed by atoms with van der Waals surface area (Å²) in [5.41, 5.74) is 0.842. The third-order valence-corrected chi connectivity index (χ3v) is 2.61. The highest BCUT2D eigenvalue weighted by molar-refractivity contribution is 7.08. The molecule has 68 valence electrons. The summed E-state index contributed by atoms with van der Waals surface area (Å²) in [4.78, 5) is 8.31. The number of halogens is 1. The number of hydrogen-bond donors (Lipinski definition) is 0. The average Bonchev–Trinajstić information content (AvgIpc) is 2.71. The lowest BCUT2D eigenvalue weighted by molar-refractivity contribution is 1.01. The van der Waals surface area contributed by atoms with E-state index >= 15 is 0 Å². The first-order valence-corrected chi connectivity index (χ1v) is 5.00. The van der Waals surface area contributed by atoms with Crippen LogP contribution in [-0.2, 0) is 5.88 Å². The van der Waals surface area contributed by atoms with Gasteiger partial charge in [-0.2, -0.15) is 4.37 Å². The van der Waals surface area contributed by atoms with Gasteiger partial charge in [0.25, 0.3) is 0 Å². The molecule has 0 aliphatic heterocycles. The van der Waals surface area contributed by atoms with E-state index in [9.17, 15) is 0 Å². The molecule has 4 nitrogen and oxygen atoms in total. The zero-order valence-corrected chi connectivity index (χ0v) is 8.51. The Morgan fingerprint density at radius 2 is 2.46 bits per heavy atom. The van der Waals surface area contributed by atoms with Gasteiger partial charge >= 0.3 is 0 Å². The fourth-order valence-corrected chi connectivity index (χ4v) is 1.69. The van der Waals surface area contributed by atoms with Crippen molar-refractivity contribution in [3.8, 4) is 5.13 Å². The molecule has 0 N–H and O–H groups in total. The van der Waals surface area contributed by atoms with E-state index < -0.39 is 0 Å². The smallest absolute Gasteiger partial charge is 0.214 e. The molecule has 0 saturated heterocycles. The van der Waals surface area contributed by atoms with Crippen LogP contribution < -0.4 is 0 Å². The van der Waals surface area contributed by atoms with Gasteiger partial charge in [0.05, 0.1) is 11.6 Å². The maximum atomic E-state index is 5.62. The van der Waals surface area contributed by atoms with Gasteiger partial charge in [-0.1, -0.05) is 0 Å². The van der Waals surface area contributed by atoms with Crippen LogP contribution >= 0.6 is 23.1 Å². The lowest BCUT2D eigenvalue weighted by atomic mass is 10.6. The average molecular weight is 215 g/mol. The minimum absolute atomic E-state index is 0.421. The van der Waals surface area contributed by atoms with Crippen molar-refractivity contribution in [2.24, 2.45) is 0 Å². The molecule has 13 heavy (non-hydrogen) atoms. The number of alkyl halides is 1. The molecule has 0 amide bonds. The van der Waals surface area contributed by atoms with Crippen molar-refractivity contribution in [1.82, 2.24) is 18.9 Å². The molecule has 2 rings (SSSR count). The zero-order chi connectivity index (χ0) is 9.26. The Morgan fingerprint density at radius 1 is 1.62 bits per heavy atom. The molecule has 2 aromatic rings. The van der Waals surface area contributed by atoms with E-state index in [0.29, 0.717) is 5.88 Å². The fraction of sp³-hybridized carbons (Fsp3) is 0.286. The van der Waals surface area contributed by atoms with Crippen LogP contribution in [0.25, 0.3) is 5.13 Å². The maximum absolute atomic E-state index is 5.62. The second kappa shape index (κ2) is 3.43. The van der Waals surface area contributed by atoms with Crippen molar-refractivity contribution in [3.05, 3.63) is 24.0 Å². The standard InChI is InChI=1S/C7H7ClN4S/c1-5-10-7(13-11-5)12-3-6(2-8)9-4-12/h3-4H,2H2,1H3. The minimum Gasteiger partial charge on any atom is -0.280 e. The summed E-state index contributed by atoms with van der Waals surface area (Å²) in [6.07, 6.45) is 3.55. The Morgan fingerprint density at radius 3 is 3.00 bits per heavy atom. The molecule has 0 spiro atoms. The van der Waals surface area contributed by atoms with Crippen LogP contribution in [0.1, 0.15) is 11.5 Å². The molecule has 0 unspecified atom stereocenters. The molecule has 0 aliphatic rings. The van der Waals surface area contributed by atoms with Crippen LogP contribution in [-0.4, -0.2) is 18.9 Å². The van der Waals surface area contributed by atoms with Crippen molar-refractivity contribution < 1.29 is 0 Å². The maximum Gasteiger partial charge on any atom is 0.214 e. The lowest BCUT2D eigenvalue weighted by Gasteiger charge is -1.90. The molecule has 2 heterocycles. The van der Waals surface area contributed by atoms with Crippen LogP contribution in [0.5, 0.6) is 0 Å². The van der Waals surface area contributed by atoms with Gasteiger partial charge in [-0.3, -0.25) is 4.57 Å². The van der Waals surface area contributed by atoms with Crippen LogP contribution in [0, 0.1) is 6.92 Å². The topological polar surface area (TPSA) is 43.6 Å². The monoisotopic (exact) mass is 214 g/mol. The molecule has 0 aliphatic carbocycles. The number of imidazole rings is 1. The van der Waals surface area contributed by atoms with Crippen molar-refractivity contribution in [2.75, 3.05) is 0 Å². The molecule has 0 radical (unpaired) electrons. The molecule has 0 aromatic carbocycles. The van der Waals surface area contributed by atoms with Crippen LogP contribution in [0.3, 0.4) is 0 Å². The van der Waals surface area contributed by atoms with Gasteiger partial charge in [-0.25, -0.2) is 9.97 Å². The van der Waals surface area contributed by atoms with Crippen molar-refractivity contribution >= 4 is 23.1 Å². The Balaban J connectivity index is 2.35. The second-order valence-electron chi connectivity index (χ2n) is 2.53. The highest BCUT2D eigenvalue weighted by Crippen LogP contribution is 2.11. The summed E-state index contributed by atoms with van der Waals surface area (Å²) in [5.74, 6) is 1.20. The summed E-state index contributed by atoms with van der Waals surface area (Å²) < 4.78 is 5.90. The van der Waals surface area contributed by atoms with Gasteiger partial charge in [0, 0.05) is 17.7 Å². The Hall–Kier alpha value is -0.940. The van der Waals surface area contributed by atoms with Crippen molar-refractivity contribution in [1.29, 1.82) is 0 Å². The van der Waals surface area contributed by atoms with Gasteiger partial charge in [-0.05, 0) is 6.92 Å². The van der Waals surface area contributed by atoms with Crippen LogP contribution in [0.4, 0.5) is 0 Å². The Labute approximate surface area is 84.4 Å². The lowest BCUT2D eigenvalue weighted by Crippen LogP contribution is -1.88. The minimum atomic E-state index is 0.421. The highest BCUT2D eigenvalue weighted by atomic mass is 35.5. The summed E-state index contributed by atoms with van der Waals surface area (Å²) >= 11 is 6.97. The van der Waals surface area contributed by atoms with Gasteiger partial charge in [0.2, 0.25) is 5.13 Å². The number of aryl methyl sites for hydroxylation is 1. The first-order valence-electron chi connectivity index (χ1n) is 3.69. The van der Waals surface area contributed by atoms with E-state index in [1.165, 1.54) is 11.5 Å². The van der Waals surface area contributed by atoms with Gasteiger partial charge in [0.15, 0.2) is 0 Å². The predicted octanol–water partition coefficient (Wildman–Crippen LogP) is 1.77.